The SMILES string of the molecule is C=C1CN(C)CCc2ccc(NC(=O)[C@H]3C[C@@H](OC)CN3C(=O)Nc3ccc(Cl)cc3)cc21. The van der Waals surface area contributed by atoms with Crippen molar-refractivity contribution in [3.8, 4) is 0 Å². The van der Waals surface area contributed by atoms with E-state index in [0.717, 1.165) is 30.6 Å². The summed E-state index contributed by atoms with van der Waals surface area (Å²) in [6, 6.07) is 11.8. The number of methoxy groups -OCH3 is 1. The molecule has 2 aromatic rings. The average Bonchev–Trinajstić information content (AvgIpc) is 3.19. The molecule has 0 unspecified atom stereocenters. The van der Waals surface area contributed by atoms with Crippen molar-refractivity contribution in [2.45, 2.75) is 25.0 Å². The lowest BCUT2D eigenvalue weighted by Crippen LogP contribution is -2.45. The van der Waals surface area contributed by atoms with Crippen LogP contribution in [-0.4, -0.2) is 67.7 Å². The van der Waals surface area contributed by atoms with Gasteiger partial charge in [-0.15, -0.1) is 0 Å². The van der Waals surface area contributed by atoms with Crippen LogP contribution in [0.2, 0.25) is 5.02 Å². The van der Waals surface area contributed by atoms with Crippen molar-refractivity contribution in [2.24, 2.45) is 0 Å². The standard InChI is InChI=1S/C25H29ClN4O3/c1-16-14-29(2)11-10-17-4-7-20(12-22(16)17)27-24(31)23-13-21(33-3)15-30(23)25(32)28-19-8-5-18(26)6-9-19/h4-9,12,21,23H,1,10-11,13-15H2,2-3H3,(H,27,31)(H,28,32)/t21-,23-/m1/s1. The minimum atomic E-state index is -0.643. The molecule has 2 aromatic carbocycles. The molecule has 0 aliphatic carbocycles. The molecule has 33 heavy (non-hydrogen) atoms. The molecular weight excluding hydrogens is 440 g/mol. The molecule has 3 amide bonds. The first kappa shape index (κ1) is 23.3. The van der Waals surface area contributed by atoms with E-state index in [-0.39, 0.29) is 18.0 Å². The first-order valence-corrected chi connectivity index (χ1v) is 11.4. The highest BCUT2D eigenvalue weighted by atomic mass is 35.5. The second-order valence-corrected chi connectivity index (χ2v) is 9.09. The Hall–Kier alpha value is -2.87. The molecule has 0 saturated carbocycles. The zero-order valence-corrected chi connectivity index (χ0v) is 19.7. The molecule has 7 nitrogen and oxygen atoms in total. The number of benzene rings is 2. The zero-order valence-electron chi connectivity index (χ0n) is 18.9. The average molecular weight is 469 g/mol. The van der Waals surface area contributed by atoms with Gasteiger partial charge in [0, 0.05) is 49.6 Å². The summed E-state index contributed by atoms with van der Waals surface area (Å²) in [7, 11) is 3.67. The van der Waals surface area contributed by atoms with E-state index in [2.05, 4.69) is 29.2 Å². The van der Waals surface area contributed by atoms with Crippen LogP contribution < -0.4 is 10.6 Å². The Labute approximate surface area is 199 Å². The number of nitrogens with one attached hydrogen (secondary N) is 2. The molecule has 2 aliphatic heterocycles. The van der Waals surface area contributed by atoms with Crippen LogP contribution in [0, 0.1) is 0 Å². The minimum absolute atomic E-state index is 0.209. The van der Waals surface area contributed by atoms with Gasteiger partial charge in [0.1, 0.15) is 6.04 Å². The van der Waals surface area contributed by atoms with Crippen molar-refractivity contribution in [3.05, 3.63) is 65.2 Å². The summed E-state index contributed by atoms with van der Waals surface area (Å²) in [6.45, 7) is 6.32. The lowest BCUT2D eigenvalue weighted by molar-refractivity contribution is -0.119. The van der Waals surface area contributed by atoms with Crippen molar-refractivity contribution < 1.29 is 14.3 Å². The first-order valence-electron chi connectivity index (χ1n) is 11.0. The van der Waals surface area contributed by atoms with E-state index in [1.165, 1.54) is 10.5 Å². The predicted molar refractivity (Wildman–Crippen MR) is 132 cm³/mol. The van der Waals surface area contributed by atoms with Crippen LogP contribution in [0.15, 0.2) is 49.0 Å². The number of rotatable bonds is 4. The summed E-state index contributed by atoms with van der Waals surface area (Å²) in [5.74, 6) is -0.239. The van der Waals surface area contributed by atoms with Crippen LogP contribution in [0.5, 0.6) is 0 Å². The molecule has 4 rings (SSSR count). The van der Waals surface area contributed by atoms with Gasteiger partial charge in [-0.25, -0.2) is 4.79 Å². The van der Waals surface area contributed by atoms with Crippen LogP contribution in [0.4, 0.5) is 16.2 Å². The Bertz CT molecular complexity index is 1060. The van der Waals surface area contributed by atoms with Crippen LogP contribution in [0.1, 0.15) is 17.5 Å². The number of ether oxygens (including phenoxy) is 1. The lowest BCUT2D eigenvalue weighted by atomic mass is 9.99. The van der Waals surface area contributed by atoms with Crippen LogP contribution in [0.25, 0.3) is 5.57 Å². The Morgan fingerprint density at radius 1 is 1.12 bits per heavy atom. The smallest absolute Gasteiger partial charge is 0.322 e. The highest BCUT2D eigenvalue weighted by Crippen LogP contribution is 2.28. The molecular formula is C25H29ClN4O3. The highest BCUT2D eigenvalue weighted by molar-refractivity contribution is 6.30. The number of carbonyl (C=O) groups is 2. The van der Waals surface area contributed by atoms with Crippen molar-refractivity contribution in [1.29, 1.82) is 0 Å². The number of anilines is 2. The number of hydrogen-bond donors (Lipinski definition) is 2. The number of fused-ring (bicyclic) bond motifs is 1. The molecule has 1 fully saturated rings. The van der Waals surface area contributed by atoms with Gasteiger partial charge in [0.2, 0.25) is 5.91 Å². The molecule has 2 heterocycles. The van der Waals surface area contributed by atoms with Crippen molar-refractivity contribution in [1.82, 2.24) is 9.80 Å². The lowest BCUT2D eigenvalue weighted by Gasteiger charge is -2.24. The molecule has 174 valence electrons. The second-order valence-electron chi connectivity index (χ2n) is 8.65. The molecule has 0 aromatic heterocycles. The van der Waals surface area contributed by atoms with Crippen molar-refractivity contribution >= 4 is 40.5 Å². The summed E-state index contributed by atoms with van der Waals surface area (Å²) in [5.41, 5.74) is 4.65. The van der Waals surface area contributed by atoms with Crippen molar-refractivity contribution in [3.63, 3.8) is 0 Å². The monoisotopic (exact) mass is 468 g/mol. The number of likely N-dealkylation sites (tertiary alicyclic amines) is 1. The van der Waals surface area contributed by atoms with E-state index in [9.17, 15) is 9.59 Å². The zero-order chi connectivity index (χ0) is 23.5. The third kappa shape index (κ3) is 5.38. The van der Waals surface area contributed by atoms with Crippen molar-refractivity contribution in [2.75, 3.05) is 44.4 Å². The number of nitrogens with zero attached hydrogens (tertiary/aromatic N) is 2. The number of amides is 3. The minimum Gasteiger partial charge on any atom is -0.380 e. The van der Waals surface area contributed by atoms with Crippen LogP contribution in [-0.2, 0) is 16.0 Å². The number of likely N-dealkylation sites (N-methyl/N-ethyl adjacent to an activating group) is 1. The van der Waals surface area contributed by atoms with Crippen LogP contribution >= 0.6 is 11.6 Å². The molecule has 0 radical (unpaired) electrons. The maximum atomic E-state index is 13.2. The molecule has 0 bridgehead atoms. The van der Waals surface area contributed by atoms with Gasteiger partial charge in [-0.2, -0.15) is 0 Å². The largest absolute Gasteiger partial charge is 0.380 e. The van der Waals surface area contributed by atoms with Crippen LogP contribution in [0.3, 0.4) is 0 Å². The predicted octanol–water partition coefficient (Wildman–Crippen LogP) is 4.10. The Morgan fingerprint density at radius 2 is 1.85 bits per heavy atom. The van der Waals surface area contributed by atoms with Gasteiger partial charge in [0.25, 0.3) is 0 Å². The van der Waals surface area contributed by atoms with E-state index in [4.69, 9.17) is 16.3 Å². The third-order valence-electron chi connectivity index (χ3n) is 6.24. The summed E-state index contributed by atoms with van der Waals surface area (Å²) < 4.78 is 5.47. The maximum absolute atomic E-state index is 13.2. The fourth-order valence-corrected chi connectivity index (χ4v) is 4.52. The van der Waals surface area contributed by atoms with Gasteiger partial charge >= 0.3 is 6.03 Å². The number of halogens is 1. The van der Waals surface area contributed by atoms with E-state index >= 15 is 0 Å². The Morgan fingerprint density at radius 3 is 2.58 bits per heavy atom. The third-order valence-corrected chi connectivity index (χ3v) is 6.49. The molecule has 2 aliphatic rings. The molecule has 8 heteroatoms. The quantitative estimate of drug-likeness (QED) is 0.708. The highest BCUT2D eigenvalue weighted by Gasteiger charge is 2.40. The summed E-state index contributed by atoms with van der Waals surface area (Å²) in [4.78, 5) is 29.9. The number of urea groups is 1. The summed E-state index contributed by atoms with van der Waals surface area (Å²) in [5, 5.41) is 6.42. The summed E-state index contributed by atoms with van der Waals surface area (Å²) >= 11 is 5.92. The van der Waals surface area contributed by atoms with Gasteiger partial charge in [0.05, 0.1) is 6.10 Å². The Kier molecular flexibility index (Phi) is 7.02. The van der Waals surface area contributed by atoms with E-state index in [1.54, 1.807) is 31.4 Å². The molecule has 1 saturated heterocycles. The summed E-state index contributed by atoms with van der Waals surface area (Å²) in [6.07, 6.45) is 1.16. The second kappa shape index (κ2) is 9.95. The maximum Gasteiger partial charge on any atom is 0.322 e. The number of carbonyl (C=O) groups excluding carboxylic acids is 2. The van der Waals surface area contributed by atoms with E-state index in [1.807, 2.05) is 18.2 Å². The fourth-order valence-electron chi connectivity index (χ4n) is 4.40. The van der Waals surface area contributed by atoms with Gasteiger partial charge in [-0.1, -0.05) is 24.2 Å². The van der Waals surface area contributed by atoms with Gasteiger partial charge < -0.3 is 25.2 Å². The fraction of sp³-hybridized carbons (Fsp3) is 0.360. The molecule has 2 N–H and O–H groups in total. The Balaban J connectivity index is 1.49. The van der Waals surface area contributed by atoms with Gasteiger partial charge in [-0.05, 0) is 66.6 Å². The molecule has 0 spiro atoms. The van der Waals surface area contributed by atoms with Gasteiger partial charge in [0.15, 0.2) is 0 Å². The molecule has 2 atom stereocenters. The topological polar surface area (TPSA) is 73.9 Å². The number of hydrogen-bond acceptors (Lipinski definition) is 4. The van der Waals surface area contributed by atoms with E-state index < -0.39 is 6.04 Å². The van der Waals surface area contributed by atoms with Gasteiger partial charge in [-0.3, -0.25) is 4.79 Å². The van der Waals surface area contributed by atoms with E-state index in [0.29, 0.717) is 29.4 Å². The normalized spacial score (nSPS) is 20.8. The first-order chi connectivity index (χ1) is 15.8.